The molecule has 0 unspecified atom stereocenters. The van der Waals surface area contributed by atoms with E-state index < -0.39 is 0 Å². The summed E-state index contributed by atoms with van der Waals surface area (Å²) < 4.78 is 5.10. The Morgan fingerprint density at radius 1 is 1.46 bits per heavy atom. The summed E-state index contributed by atoms with van der Waals surface area (Å²) >= 11 is 0. The van der Waals surface area contributed by atoms with Crippen LogP contribution in [-0.2, 0) is 0 Å². The molecule has 1 aliphatic heterocycles. The molecule has 0 atom stereocenters. The third-order valence-electron chi connectivity index (χ3n) is 2.46. The third-order valence-corrected chi connectivity index (χ3v) is 2.46. The van der Waals surface area contributed by atoms with Gasteiger partial charge in [0.05, 0.1) is 7.11 Å². The molecule has 3 heteroatoms. The Balaban J connectivity index is 2.30. The summed E-state index contributed by atoms with van der Waals surface area (Å²) in [5.41, 5.74) is 0.984. The topological polar surface area (TPSA) is 41.5 Å². The van der Waals surface area contributed by atoms with Crippen molar-refractivity contribution >= 4 is 0 Å². The maximum Gasteiger partial charge on any atom is 0.119 e. The SMILES string of the molecule is COc1ccc(O)c(C2CNC2)c1. The third kappa shape index (κ3) is 1.47. The Bertz CT molecular complexity index is 308. The molecular formula is C10H13NO2. The van der Waals surface area contributed by atoms with Crippen molar-refractivity contribution in [2.24, 2.45) is 0 Å². The van der Waals surface area contributed by atoms with Crippen molar-refractivity contribution in [2.45, 2.75) is 5.92 Å². The lowest BCUT2D eigenvalue weighted by molar-refractivity contribution is 0.396. The van der Waals surface area contributed by atoms with Crippen LogP contribution in [0.4, 0.5) is 0 Å². The first-order valence-electron chi connectivity index (χ1n) is 4.39. The van der Waals surface area contributed by atoms with Crippen molar-refractivity contribution < 1.29 is 9.84 Å². The van der Waals surface area contributed by atoms with Gasteiger partial charge < -0.3 is 15.2 Å². The van der Waals surface area contributed by atoms with E-state index in [1.807, 2.05) is 6.07 Å². The number of methoxy groups -OCH3 is 1. The summed E-state index contributed by atoms with van der Waals surface area (Å²) in [5, 5.41) is 12.8. The highest BCUT2D eigenvalue weighted by Crippen LogP contribution is 2.31. The largest absolute Gasteiger partial charge is 0.508 e. The van der Waals surface area contributed by atoms with Gasteiger partial charge in [-0.05, 0) is 18.2 Å². The molecule has 0 spiro atoms. The lowest BCUT2D eigenvalue weighted by atomic mass is 9.93. The molecule has 3 nitrogen and oxygen atoms in total. The molecule has 0 bridgehead atoms. The number of rotatable bonds is 2. The predicted molar refractivity (Wildman–Crippen MR) is 50.3 cm³/mol. The normalized spacial score (nSPS) is 16.7. The number of benzene rings is 1. The zero-order valence-electron chi connectivity index (χ0n) is 7.58. The Morgan fingerprint density at radius 3 is 2.77 bits per heavy atom. The second-order valence-electron chi connectivity index (χ2n) is 3.28. The van der Waals surface area contributed by atoms with E-state index in [4.69, 9.17) is 4.74 Å². The van der Waals surface area contributed by atoms with Crippen molar-refractivity contribution in [1.29, 1.82) is 0 Å². The molecule has 0 saturated carbocycles. The molecule has 0 amide bonds. The second-order valence-corrected chi connectivity index (χ2v) is 3.28. The highest BCUT2D eigenvalue weighted by molar-refractivity contribution is 5.42. The van der Waals surface area contributed by atoms with Gasteiger partial charge >= 0.3 is 0 Å². The van der Waals surface area contributed by atoms with Gasteiger partial charge in [-0.3, -0.25) is 0 Å². The van der Waals surface area contributed by atoms with Crippen molar-refractivity contribution in [3.8, 4) is 11.5 Å². The molecule has 1 heterocycles. The van der Waals surface area contributed by atoms with Crippen LogP contribution in [0.25, 0.3) is 0 Å². The first-order valence-corrected chi connectivity index (χ1v) is 4.39. The summed E-state index contributed by atoms with van der Waals surface area (Å²) in [7, 11) is 1.63. The van der Waals surface area contributed by atoms with Gasteiger partial charge in [-0.25, -0.2) is 0 Å². The fourth-order valence-electron chi connectivity index (χ4n) is 1.50. The lowest BCUT2D eigenvalue weighted by Crippen LogP contribution is -2.39. The van der Waals surface area contributed by atoms with Crippen LogP contribution in [0.15, 0.2) is 18.2 Å². The summed E-state index contributed by atoms with van der Waals surface area (Å²) in [6, 6.07) is 5.36. The molecule has 0 aromatic heterocycles. The van der Waals surface area contributed by atoms with Crippen LogP contribution >= 0.6 is 0 Å². The summed E-state index contributed by atoms with van der Waals surface area (Å²) in [6.07, 6.45) is 0. The molecule has 0 aliphatic carbocycles. The number of nitrogens with one attached hydrogen (secondary N) is 1. The zero-order chi connectivity index (χ0) is 9.26. The summed E-state index contributed by atoms with van der Waals surface area (Å²) in [4.78, 5) is 0. The van der Waals surface area contributed by atoms with E-state index in [0.29, 0.717) is 11.7 Å². The van der Waals surface area contributed by atoms with Crippen molar-refractivity contribution in [2.75, 3.05) is 20.2 Å². The average molecular weight is 179 g/mol. The van der Waals surface area contributed by atoms with Crippen LogP contribution in [0.2, 0.25) is 0 Å². The Kier molecular flexibility index (Phi) is 2.10. The number of phenolic OH excluding ortho intramolecular Hbond substituents is 1. The van der Waals surface area contributed by atoms with E-state index in [9.17, 15) is 5.11 Å². The van der Waals surface area contributed by atoms with E-state index in [-0.39, 0.29) is 0 Å². The number of aromatic hydroxyl groups is 1. The zero-order valence-corrected chi connectivity index (χ0v) is 7.58. The summed E-state index contributed by atoms with van der Waals surface area (Å²) in [5.74, 6) is 1.61. The molecule has 0 radical (unpaired) electrons. The fraction of sp³-hybridized carbons (Fsp3) is 0.400. The smallest absolute Gasteiger partial charge is 0.119 e. The van der Waals surface area contributed by atoms with Crippen molar-refractivity contribution in [3.63, 3.8) is 0 Å². The van der Waals surface area contributed by atoms with Gasteiger partial charge in [0.15, 0.2) is 0 Å². The van der Waals surface area contributed by atoms with Crippen LogP contribution in [0.3, 0.4) is 0 Å². The number of hydrogen-bond donors (Lipinski definition) is 2. The van der Waals surface area contributed by atoms with Crippen LogP contribution in [0, 0.1) is 0 Å². The summed E-state index contributed by atoms with van der Waals surface area (Å²) in [6.45, 7) is 1.89. The maximum atomic E-state index is 9.58. The van der Waals surface area contributed by atoms with Gasteiger partial charge in [0.25, 0.3) is 0 Å². The molecule has 2 N–H and O–H groups in total. The van der Waals surface area contributed by atoms with Crippen LogP contribution in [0.1, 0.15) is 11.5 Å². The highest BCUT2D eigenvalue weighted by Gasteiger charge is 2.22. The maximum absolute atomic E-state index is 9.58. The Labute approximate surface area is 77.3 Å². The van der Waals surface area contributed by atoms with E-state index in [1.54, 1.807) is 19.2 Å². The molecule has 13 heavy (non-hydrogen) atoms. The molecule has 1 fully saturated rings. The first-order chi connectivity index (χ1) is 6.31. The monoisotopic (exact) mass is 179 g/mol. The molecule has 1 aliphatic rings. The number of hydrogen-bond acceptors (Lipinski definition) is 3. The minimum Gasteiger partial charge on any atom is -0.508 e. The minimum atomic E-state index is 0.368. The van der Waals surface area contributed by atoms with Crippen molar-refractivity contribution in [1.82, 2.24) is 5.32 Å². The standard InChI is InChI=1S/C10H13NO2/c1-13-8-2-3-10(12)9(4-8)7-5-11-6-7/h2-4,7,11-12H,5-6H2,1H3. The van der Waals surface area contributed by atoms with E-state index in [1.165, 1.54) is 0 Å². The fourth-order valence-corrected chi connectivity index (χ4v) is 1.50. The second kappa shape index (κ2) is 3.26. The van der Waals surface area contributed by atoms with E-state index in [2.05, 4.69) is 5.32 Å². The Morgan fingerprint density at radius 2 is 2.23 bits per heavy atom. The van der Waals surface area contributed by atoms with Gasteiger partial charge in [0.1, 0.15) is 11.5 Å². The van der Waals surface area contributed by atoms with Gasteiger partial charge in [-0.2, -0.15) is 0 Å². The molecule has 1 aromatic carbocycles. The van der Waals surface area contributed by atoms with Crippen molar-refractivity contribution in [3.05, 3.63) is 23.8 Å². The quantitative estimate of drug-likeness (QED) is 0.714. The van der Waals surface area contributed by atoms with Gasteiger partial charge in [-0.1, -0.05) is 0 Å². The van der Waals surface area contributed by atoms with Crippen LogP contribution < -0.4 is 10.1 Å². The van der Waals surface area contributed by atoms with Gasteiger partial charge in [0, 0.05) is 24.6 Å². The molecule has 70 valence electrons. The number of ether oxygens (including phenoxy) is 1. The lowest BCUT2D eigenvalue weighted by Gasteiger charge is -2.28. The molecule has 1 saturated heterocycles. The van der Waals surface area contributed by atoms with Gasteiger partial charge in [-0.15, -0.1) is 0 Å². The minimum absolute atomic E-state index is 0.368. The predicted octanol–water partition coefficient (Wildman–Crippen LogP) is 1.09. The van der Waals surface area contributed by atoms with Gasteiger partial charge in [0.2, 0.25) is 0 Å². The number of phenols is 1. The molecular weight excluding hydrogens is 166 g/mol. The van der Waals surface area contributed by atoms with E-state index in [0.717, 1.165) is 24.4 Å². The molecule has 1 aromatic rings. The highest BCUT2D eigenvalue weighted by atomic mass is 16.5. The molecule has 2 rings (SSSR count). The Hall–Kier alpha value is -1.22. The average Bonchev–Trinajstić information content (AvgIpc) is 2.06. The van der Waals surface area contributed by atoms with E-state index >= 15 is 0 Å². The first kappa shape index (κ1) is 8.38. The van der Waals surface area contributed by atoms with Crippen LogP contribution in [-0.4, -0.2) is 25.3 Å². The van der Waals surface area contributed by atoms with Crippen LogP contribution in [0.5, 0.6) is 11.5 Å².